The highest BCUT2D eigenvalue weighted by molar-refractivity contribution is 4.92. The molecule has 0 aromatic rings. The van der Waals surface area contributed by atoms with Crippen LogP contribution in [0.4, 0.5) is 13.2 Å². The zero-order valence-electron chi connectivity index (χ0n) is 11.3. The summed E-state index contributed by atoms with van der Waals surface area (Å²) in [4.78, 5) is 0. The fraction of sp³-hybridized carbons (Fsp3) is 1.00. The van der Waals surface area contributed by atoms with Crippen LogP contribution in [0.2, 0.25) is 0 Å². The van der Waals surface area contributed by atoms with Gasteiger partial charge >= 0.3 is 6.18 Å². The Bertz CT molecular complexity index is 277. The highest BCUT2D eigenvalue weighted by Crippen LogP contribution is 2.42. The van der Waals surface area contributed by atoms with Crippen LogP contribution in [0.25, 0.3) is 0 Å². The number of alkyl halides is 3. The molecule has 2 fully saturated rings. The Morgan fingerprint density at radius 2 is 1.72 bits per heavy atom. The topological polar surface area (TPSA) is 12.0 Å². The van der Waals surface area contributed by atoms with Crippen molar-refractivity contribution in [3.05, 3.63) is 0 Å². The summed E-state index contributed by atoms with van der Waals surface area (Å²) in [7, 11) is 0. The van der Waals surface area contributed by atoms with Crippen molar-refractivity contribution in [2.24, 2.45) is 23.7 Å². The second-order valence-corrected chi connectivity index (χ2v) is 6.30. The zero-order chi connectivity index (χ0) is 13.3. The molecule has 0 amide bonds. The standard InChI is InChI=1S/C14H24F3N/c1-9-5-6-11(8-10(9)2)13-12(14(15,16)17)4-3-7-18-13/h9-13,18H,3-8H2,1-2H3. The van der Waals surface area contributed by atoms with Gasteiger partial charge in [-0.25, -0.2) is 0 Å². The predicted octanol–water partition coefficient (Wildman–Crippen LogP) is 3.99. The summed E-state index contributed by atoms with van der Waals surface area (Å²) in [6.45, 7) is 5.15. The predicted molar refractivity (Wildman–Crippen MR) is 66.2 cm³/mol. The molecule has 0 bridgehead atoms. The van der Waals surface area contributed by atoms with Crippen LogP contribution in [0.3, 0.4) is 0 Å². The first-order chi connectivity index (χ1) is 8.39. The summed E-state index contributed by atoms with van der Waals surface area (Å²) in [6, 6.07) is -0.339. The molecule has 4 heteroatoms. The maximum atomic E-state index is 13.1. The average molecular weight is 263 g/mol. The van der Waals surface area contributed by atoms with Crippen LogP contribution in [0.1, 0.15) is 46.0 Å². The first kappa shape index (κ1) is 14.2. The highest BCUT2D eigenvalue weighted by atomic mass is 19.4. The van der Waals surface area contributed by atoms with Crippen molar-refractivity contribution in [1.82, 2.24) is 5.32 Å². The minimum absolute atomic E-state index is 0.211. The quantitative estimate of drug-likeness (QED) is 0.754. The summed E-state index contributed by atoms with van der Waals surface area (Å²) >= 11 is 0. The summed E-state index contributed by atoms with van der Waals surface area (Å²) in [5.74, 6) is 0.301. The van der Waals surface area contributed by atoms with Crippen LogP contribution in [0, 0.1) is 23.7 Å². The van der Waals surface area contributed by atoms with Crippen LogP contribution in [-0.2, 0) is 0 Å². The first-order valence-electron chi connectivity index (χ1n) is 7.19. The summed E-state index contributed by atoms with van der Waals surface area (Å²) in [6.07, 6.45) is -0.0961. The fourth-order valence-corrected chi connectivity index (χ4v) is 3.69. The maximum absolute atomic E-state index is 13.1. The molecule has 18 heavy (non-hydrogen) atoms. The third-order valence-electron chi connectivity index (χ3n) is 5.07. The summed E-state index contributed by atoms with van der Waals surface area (Å²) < 4.78 is 39.2. The van der Waals surface area contributed by atoms with Crippen LogP contribution < -0.4 is 5.32 Å². The van der Waals surface area contributed by atoms with Gasteiger partial charge in [0.25, 0.3) is 0 Å². The SMILES string of the molecule is CC1CCC(C2NCCCC2C(F)(F)F)CC1C. The van der Waals surface area contributed by atoms with Gasteiger partial charge in [0.15, 0.2) is 0 Å². The van der Waals surface area contributed by atoms with Crippen molar-refractivity contribution in [2.75, 3.05) is 6.54 Å². The van der Waals surface area contributed by atoms with E-state index in [9.17, 15) is 13.2 Å². The third kappa shape index (κ3) is 3.01. The molecule has 106 valence electrons. The molecule has 2 rings (SSSR count). The van der Waals surface area contributed by atoms with Gasteiger partial charge in [-0.3, -0.25) is 0 Å². The van der Waals surface area contributed by atoms with E-state index >= 15 is 0 Å². The van der Waals surface area contributed by atoms with Gasteiger partial charge in [0.2, 0.25) is 0 Å². The van der Waals surface area contributed by atoms with Gasteiger partial charge in [0.1, 0.15) is 0 Å². The van der Waals surface area contributed by atoms with Gasteiger partial charge in [-0.2, -0.15) is 13.2 Å². The Balaban J connectivity index is 2.05. The van der Waals surface area contributed by atoms with Gasteiger partial charge in [0, 0.05) is 6.04 Å². The van der Waals surface area contributed by atoms with E-state index in [4.69, 9.17) is 0 Å². The van der Waals surface area contributed by atoms with E-state index in [0.717, 1.165) is 25.8 Å². The Morgan fingerprint density at radius 3 is 2.33 bits per heavy atom. The summed E-state index contributed by atoms with van der Waals surface area (Å²) in [5, 5.41) is 3.16. The fourth-order valence-electron chi connectivity index (χ4n) is 3.69. The van der Waals surface area contributed by atoms with Crippen molar-refractivity contribution in [2.45, 2.75) is 58.2 Å². The number of piperidine rings is 1. The molecule has 1 aliphatic carbocycles. The molecule has 1 heterocycles. The van der Waals surface area contributed by atoms with Crippen LogP contribution >= 0.6 is 0 Å². The van der Waals surface area contributed by atoms with E-state index in [-0.39, 0.29) is 12.0 Å². The molecule has 1 aliphatic heterocycles. The Kier molecular flexibility index (Phi) is 4.25. The minimum Gasteiger partial charge on any atom is -0.313 e. The van der Waals surface area contributed by atoms with Gasteiger partial charge in [-0.05, 0) is 50.0 Å². The molecule has 0 aromatic carbocycles. The third-order valence-corrected chi connectivity index (χ3v) is 5.07. The van der Waals surface area contributed by atoms with E-state index in [1.165, 1.54) is 0 Å². The average Bonchev–Trinajstić information content (AvgIpc) is 2.32. The molecule has 1 N–H and O–H groups in total. The molecular weight excluding hydrogens is 239 g/mol. The van der Waals surface area contributed by atoms with Crippen molar-refractivity contribution < 1.29 is 13.2 Å². The van der Waals surface area contributed by atoms with Gasteiger partial charge in [-0.15, -0.1) is 0 Å². The lowest BCUT2D eigenvalue weighted by Gasteiger charge is -2.43. The molecule has 1 nitrogen and oxygen atoms in total. The smallest absolute Gasteiger partial charge is 0.313 e. The molecule has 2 aliphatic rings. The molecule has 1 saturated heterocycles. The molecular formula is C14H24F3N. The number of nitrogens with one attached hydrogen (secondary N) is 1. The molecule has 0 aromatic heterocycles. The van der Waals surface area contributed by atoms with Gasteiger partial charge < -0.3 is 5.32 Å². The number of rotatable bonds is 1. The second-order valence-electron chi connectivity index (χ2n) is 6.30. The highest BCUT2D eigenvalue weighted by Gasteiger charge is 2.48. The van der Waals surface area contributed by atoms with Crippen LogP contribution in [0.5, 0.6) is 0 Å². The monoisotopic (exact) mass is 263 g/mol. The van der Waals surface area contributed by atoms with E-state index in [1.54, 1.807) is 0 Å². The Hall–Kier alpha value is -0.250. The van der Waals surface area contributed by atoms with Crippen LogP contribution in [-0.4, -0.2) is 18.8 Å². The minimum atomic E-state index is -4.04. The van der Waals surface area contributed by atoms with Crippen molar-refractivity contribution in [3.63, 3.8) is 0 Å². The van der Waals surface area contributed by atoms with E-state index < -0.39 is 12.1 Å². The van der Waals surface area contributed by atoms with E-state index in [1.807, 2.05) is 0 Å². The van der Waals surface area contributed by atoms with Crippen molar-refractivity contribution >= 4 is 0 Å². The van der Waals surface area contributed by atoms with Gasteiger partial charge in [0.05, 0.1) is 5.92 Å². The lowest BCUT2D eigenvalue weighted by molar-refractivity contribution is -0.194. The molecule has 5 unspecified atom stereocenters. The molecule has 0 radical (unpaired) electrons. The van der Waals surface area contributed by atoms with E-state index in [2.05, 4.69) is 19.2 Å². The second kappa shape index (κ2) is 5.40. The van der Waals surface area contributed by atoms with E-state index in [0.29, 0.717) is 24.7 Å². The lowest BCUT2D eigenvalue weighted by atomic mass is 9.69. The summed E-state index contributed by atoms with van der Waals surface area (Å²) in [5.41, 5.74) is 0. The Labute approximate surface area is 108 Å². The van der Waals surface area contributed by atoms with Gasteiger partial charge in [-0.1, -0.05) is 20.3 Å². The largest absolute Gasteiger partial charge is 0.393 e. The lowest BCUT2D eigenvalue weighted by Crippen LogP contribution is -2.52. The number of hydrogen-bond donors (Lipinski definition) is 1. The maximum Gasteiger partial charge on any atom is 0.393 e. The van der Waals surface area contributed by atoms with Crippen LogP contribution in [0.15, 0.2) is 0 Å². The first-order valence-corrected chi connectivity index (χ1v) is 7.19. The zero-order valence-corrected chi connectivity index (χ0v) is 11.3. The van der Waals surface area contributed by atoms with Crippen molar-refractivity contribution in [1.29, 1.82) is 0 Å². The normalized spacial score (nSPS) is 42.8. The number of halogens is 3. The molecule has 5 atom stereocenters. The Morgan fingerprint density at radius 1 is 1.00 bits per heavy atom. The molecule has 0 spiro atoms. The molecule has 1 saturated carbocycles. The van der Waals surface area contributed by atoms with Crippen molar-refractivity contribution in [3.8, 4) is 0 Å². The number of hydrogen-bond acceptors (Lipinski definition) is 1.